The van der Waals surface area contributed by atoms with Gasteiger partial charge in [0.15, 0.2) is 11.6 Å². The minimum absolute atomic E-state index is 0.101. The number of ether oxygens (including phenoxy) is 1. The van der Waals surface area contributed by atoms with Crippen LogP contribution < -0.4 is 10.1 Å². The van der Waals surface area contributed by atoms with Crippen LogP contribution in [-0.2, 0) is 6.54 Å². The molecule has 1 amide bonds. The van der Waals surface area contributed by atoms with Gasteiger partial charge in [-0.25, -0.2) is 9.37 Å². The lowest BCUT2D eigenvalue weighted by molar-refractivity contribution is 0.0950. The van der Waals surface area contributed by atoms with Crippen LogP contribution in [0.25, 0.3) is 10.2 Å². The molecule has 3 aromatic rings. The minimum atomic E-state index is -0.419. The Kier molecular flexibility index (Phi) is 7.76. The number of thiazole rings is 1. The third-order valence-corrected chi connectivity index (χ3v) is 5.43. The minimum Gasteiger partial charge on any atom is -0.491 e. The number of rotatable bonds is 11. The number of carbonyl (C=O) groups is 1. The van der Waals surface area contributed by atoms with E-state index in [1.807, 2.05) is 12.1 Å². The number of aromatic nitrogens is 1. The van der Waals surface area contributed by atoms with E-state index in [9.17, 15) is 9.18 Å². The Morgan fingerprint density at radius 2 is 2.07 bits per heavy atom. The van der Waals surface area contributed by atoms with Gasteiger partial charge < -0.3 is 10.1 Å². The summed E-state index contributed by atoms with van der Waals surface area (Å²) < 4.78 is 21.2. The van der Waals surface area contributed by atoms with Gasteiger partial charge in [0.2, 0.25) is 0 Å². The Morgan fingerprint density at radius 3 is 2.93 bits per heavy atom. The molecule has 0 saturated carbocycles. The molecule has 1 N–H and O–H groups in total. The zero-order chi connectivity index (χ0) is 20.5. The topological polar surface area (TPSA) is 51.2 Å². The van der Waals surface area contributed by atoms with Crippen LogP contribution in [0.1, 0.15) is 48.0 Å². The number of benzene rings is 2. The Balaban J connectivity index is 1.51. The number of nitrogens with one attached hydrogen (secondary N) is 1. The largest absolute Gasteiger partial charge is 0.491 e. The highest BCUT2D eigenvalue weighted by Crippen LogP contribution is 2.22. The molecular weight excluding hydrogens is 387 g/mol. The van der Waals surface area contributed by atoms with Crippen molar-refractivity contribution in [3.05, 3.63) is 71.5 Å². The number of fused-ring (bicyclic) bond motifs is 1. The molecule has 1 heterocycles. The number of hydrogen-bond donors (Lipinski definition) is 1. The molecule has 0 aliphatic carbocycles. The van der Waals surface area contributed by atoms with Crippen LogP contribution in [0.5, 0.6) is 5.75 Å². The van der Waals surface area contributed by atoms with Crippen LogP contribution in [0.15, 0.2) is 54.6 Å². The number of allylic oxidation sites excluding steroid dienone is 1. The predicted molar refractivity (Wildman–Crippen MR) is 116 cm³/mol. The molecular formula is C23H25FN2O2S. The van der Waals surface area contributed by atoms with E-state index >= 15 is 0 Å². The molecule has 3 rings (SSSR count). The van der Waals surface area contributed by atoms with Gasteiger partial charge in [-0.05, 0) is 43.5 Å². The first-order valence-electron chi connectivity index (χ1n) is 9.81. The fraction of sp³-hybridized carbons (Fsp3) is 0.304. The van der Waals surface area contributed by atoms with Gasteiger partial charge in [-0.1, -0.05) is 31.1 Å². The summed E-state index contributed by atoms with van der Waals surface area (Å²) in [4.78, 5) is 16.6. The van der Waals surface area contributed by atoms with E-state index in [4.69, 9.17) is 4.74 Å². The fourth-order valence-corrected chi connectivity index (χ4v) is 3.72. The number of halogens is 1. The number of carbonyl (C=O) groups excluding carboxylic acids is 1. The third kappa shape index (κ3) is 5.87. The van der Waals surface area contributed by atoms with Crippen molar-refractivity contribution in [1.29, 1.82) is 0 Å². The first-order chi connectivity index (χ1) is 14.2. The van der Waals surface area contributed by atoms with Gasteiger partial charge in [0, 0.05) is 17.7 Å². The molecule has 2 aromatic carbocycles. The van der Waals surface area contributed by atoms with Crippen molar-refractivity contribution in [2.24, 2.45) is 0 Å². The molecule has 6 heteroatoms. The van der Waals surface area contributed by atoms with Crippen LogP contribution >= 0.6 is 11.3 Å². The second-order valence-electron chi connectivity index (χ2n) is 6.79. The Hall–Kier alpha value is -2.73. The van der Waals surface area contributed by atoms with E-state index in [2.05, 4.69) is 16.9 Å². The van der Waals surface area contributed by atoms with Crippen molar-refractivity contribution in [2.75, 3.05) is 6.61 Å². The quantitative estimate of drug-likeness (QED) is 0.316. The van der Waals surface area contributed by atoms with Gasteiger partial charge >= 0.3 is 0 Å². The van der Waals surface area contributed by atoms with Gasteiger partial charge in [0.1, 0.15) is 0 Å². The highest BCUT2D eigenvalue weighted by Gasteiger charge is 2.12. The van der Waals surface area contributed by atoms with E-state index in [0.29, 0.717) is 17.7 Å². The van der Waals surface area contributed by atoms with E-state index in [-0.39, 0.29) is 18.2 Å². The number of amides is 1. The maximum Gasteiger partial charge on any atom is 0.251 e. The third-order valence-electron chi connectivity index (χ3n) is 4.64. The second-order valence-corrected chi connectivity index (χ2v) is 7.67. The van der Waals surface area contributed by atoms with Gasteiger partial charge in [-0.3, -0.25) is 4.79 Å². The van der Waals surface area contributed by atoms with Crippen molar-refractivity contribution < 1.29 is 13.9 Å². The molecule has 0 atom stereocenters. The van der Waals surface area contributed by atoms with Crippen molar-refractivity contribution in [3.63, 3.8) is 0 Å². The first-order valence-corrected chi connectivity index (χ1v) is 10.7. The molecule has 0 aliphatic heterocycles. The summed E-state index contributed by atoms with van der Waals surface area (Å²) in [5, 5.41) is 2.78. The molecule has 0 bridgehead atoms. The Labute approximate surface area is 174 Å². The van der Waals surface area contributed by atoms with Crippen molar-refractivity contribution in [2.45, 2.75) is 38.6 Å². The van der Waals surface area contributed by atoms with Crippen LogP contribution in [0.2, 0.25) is 0 Å². The zero-order valence-electron chi connectivity index (χ0n) is 16.3. The highest BCUT2D eigenvalue weighted by molar-refractivity contribution is 7.16. The van der Waals surface area contributed by atoms with E-state index in [1.54, 1.807) is 35.8 Å². The number of hydrogen-bond acceptors (Lipinski definition) is 4. The number of nitrogens with zero attached hydrogens (tertiary/aromatic N) is 1. The normalized spacial score (nSPS) is 10.8. The summed E-state index contributed by atoms with van der Waals surface area (Å²) in [6, 6.07) is 10.4. The van der Waals surface area contributed by atoms with E-state index < -0.39 is 5.82 Å². The van der Waals surface area contributed by atoms with Gasteiger partial charge in [-0.15, -0.1) is 17.9 Å². The standard InChI is InChI=1S/C23H25FN2O2S/c1-2-3-4-5-6-7-13-28-20-10-8-9-18(22(20)24)15-25-23(27)17-11-12-19-21(14-17)29-16-26-19/h2,8-12,14,16H,1,3-7,13,15H2,(H,25,27). The molecule has 4 nitrogen and oxygen atoms in total. The maximum atomic E-state index is 14.7. The molecule has 0 unspecified atom stereocenters. The van der Waals surface area contributed by atoms with Gasteiger partial charge in [0.25, 0.3) is 5.91 Å². The molecule has 0 fully saturated rings. The lowest BCUT2D eigenvalue weighted by Gasteiger charge is -2.11. The first kappa shape index (κ1) is 21.0. The lowest BCUT2D eigenvalue weighted by Crippen LogP contribution is -2.23. The fourth-order valence-electron chi connectivity index (χ4n) is 3.00. The van der Waals surface area contributed by atoms with Crippen molar-refractivity contribution in [1.82, 2.24) is 10.3 Å². The van der Waals surface area contributed by atoms with Crippen molar-refractivity contribution >= 4 is 27.5 Å². The van der Waals surface area contributed by atoms with E-state index in [1.165, 1.54) is 11.3 Å². The maximum absolute atomic E-state index is 14.7. The SMILES string of the molecule is C=CCCCCCCOc1cccc(CNC(=O)c2ccc3ncsc3c2)c1F. The van der Waals surface area contributed by atoms with Crippen molar-refractivity contribution in [3.8, 4) is 5.75 Å². The molecule has 1 aromatic heterocycles. The molecule has 0 saturated heterocycles. The summed E-state index contributed by atoms with van der Waals surface area (Å²) in [5.74, 6) is -0.433. The van der Waals surface area contributed by atoms with Gasteiger partial charge in [-0.2, -0.15) is 0 Å². The summed E-state index contributed by atoms with van der Waals surface area (Å²) in [6.45, 7) is 4.29. The van der Waals surface area contributed by atoms with E-state index in [0.717, 1.165) is 42.3 Å². The smallest absolute Gasteiger partial charge is 0.251 e. The van der Waals surface area contributed by atoms with Crippen LogP contribution in [0.3, 0.4) is 0 Å². The summed E-state index contributed by atoms with van der Waals surface area (Å²) in [5.41, 5.74) is 3.55. The summed E-state index contributed by atoms with van der Waals surface area (Å²) >= 11 is 1.48. The van der Waals surface area contributed by atoms with Crippen LogP contribution in [-0.4, -0.2) is 17.5 Å². The number of unbranched alkanes of at least 4 members (excludes halogenated alkanes) is 4. The van der Waals surface area contributed by atoms with Gasteiger partial charge in [0.05, 0.1) is 22.3 Å². The average Bonchev–Trinajstić information content (AvgIpc) is 3.21. The Bertz CT molecular complexity index is 970. The molecule has 0 aliphatic rings. The molecule has 0 radical (unpaired) electrons. The average molecular weight is 413 g/mol. The Morgan fingerprint density at radius 1 is 1.21 bits per heavy atom. The summed E-state index contributed by atoms with van der Waals surface area (Å²) in [6.07, 6.45) is 7.14. The predicted octanol–water partition coefficient (Wildman–Crippen LogP) is 5.88. The molecule has 29 heavy (non-hydrogen) atoms. The second kappa shape index (κ2) is 10.7. The summed E-state index contributed by atoms with van der Waals surface area (Å²) in [7, 11) is 0. The zero-order valence-corrected chi connectivity index (χ0v) is 17.1. The highest BCUT2D eigenvalue weighted by atomic mass is 32.1. The molecule has 0 spiro atoms. The molecule has 152 valence electrons. The lowest BCUT2D eigenvalue weighted by atomic mass is 10.1. The monoisotopic (exact) mass is 412 g/mol. The van der Waals surface area contributed by atoms with Crippen LogP contribution in [0, 0.1) is 5.82 Å². The van der Waals surface area contributed by atoms with Crippen LogP contribution in [0.4, 0.5) is 4.39 Å².